The van der Waals surface area contributed by atoms with Crippen LogP contribution in [-0.2, 0) is 9.53 Å². The van der Waals surface area contributed by atoms with Crippen molar-refractivity contribution in [1.29, 1.82) is 0 Å². The number of carbonyl (C=O) groups excluding carboxylic acids is 1. The Morgan fingerprint density at radius 3 is 2.17 bits per heavy atom. The average molecular weight is 186 g/mol. The largest absolute Gasteiger partial charge is 0.459 e. The van der Waals surface area contributed by atoms with E-state index >= 15 is 0 Å². The molecule has 0 aromatic heterocycles. The molecule has 0 spiro atoms. The van der Waals surface area contributed by atoms with Crippen LogP contribution in [0.1, 0.15) is 13.8 Å². The zero-order chi connectivity index (χ0) is 9.94. The van der Waals surface area contributed by atoms with Crippen molar-refractivity contribution < 1.29 is 27.8 Å². The van der Waals surface area contributed by atoms with Gasteiger partial charge in [-0.15, -0.1) is 0 Å². The van der Waals surface area contributed by atoms with Crippen LogP contribution in [-0.4, -0.2) is 29.5 Å². The van der Waals surface area contributed by atoms with E-state index in [1.165, 1.54) is 13.8 Å². The fraction of sp³-hybridized carbons (Fsp3) is 0.833. The Balaban J connectivity index is 4.26. The van der Waals surface area contributed by atoms with Gasteiger partial charge in [-0.1, -0.05) is 0 Å². The van der Waals surface area contributed by atoms with Gasteiger partial charge in [-0.2, -0.15) is 4.39 Å². The molecule has 0 amide bonds. The van der Waals surface area contributed by atoms with E-state index < -0.39 is 24.4 Å². The molecule has 0 aliphatic rings. The van der Waals surface area contributed by atoms with Gasteiger partial charge in [0.05, 0.1) is 6.10 Å². The summed E-state index contributed by atoms with van der Waals surface area (Å²) in [4.78, 5) is 10.4. The lowest BCUT2D eigenvalue weighted by Gasteiger charge is -2.17. The molecule has 3 nitrogen and oxygen atoms in total. The van der Waals surface area contributed by atoms with Crippen molar-refractivity contribution in [3.05, 3.63) is 0 Å². The number of rotatable bonds is 3. The Hall–Kier alpha value is -0.780. The van der Waals surface area contributed by atoms with Gasteiger partial charge < -0.3 is 9.84 Å². The van der Waals surface area contributed by atoms with Crippen LogP contribution >= 0.6 is 0 Å². The zero-order valence-electron chi connectivity index (χ0n) is 6.55. The highest BCUT2D eigenvalue weighted by atomic mass is 19.3. The first kappa shape index (κ1) is 11.2. The normalized spacial score (nSPS) is 16.3. The zero-order valence-corrected chi connectivity index (χ0v) is 6.55. The standard InChI is InChI=1S/C6H9F3O3/c1-3(2)12-5(10)6(9,11)4(7)8/h3-4,11H,1-2H3. The molecule has 0 saturated heterocycles. The lowest BCUT2D eigenvalue weighted by atomic mass is 10.3. The molecule has 72 valence electrons. The van der Waals surface area contributed by atoms with Crippen molar-refractivity contribution in [2.24, 2.45) is 0 Å². The molecule has 0 heterocycles. The number of hydrogen-bond acceptors (Lipinski definition) is 3. The number of hydrogen-bond donors (Lipinski definition) is 1. The molecule has 0 radical (unpaired) electrons. The first-order valence-corrected chi connectivity index (χ1v) is 3.19. The fourth-order valence-corrected chi connectivity index (χ4v) is 0.386. The highest BCUT2D eigenvalue weighted by Gasteiger charge is 2.48. The molecule has 6 heteroatoms. The monoisotopic (exact) mass is 186 g/mol. The molecule has 0 rings (SSSR count). The van der Waals surface area contributed by atoms with Crippen molar-refractivity contribution >= 4 is 5.97 Å². The second kappa shape index (κ2) is 3.75. The highest BCUT2D eigenvalue weighted by molar-refractivity contribution is 5.78. The van der Waals surface area contributed by atoms with Gasteiger partial charge in [0, 0.05) is 0 Å². The lowest BCUT2D eigenvalue weighted by molar-refractivity contribution is -0.221. The van der Waals surface area contributed by atoms with Crippen molar-refractivity contribution in [1.82, 2.24) is 0 Å². The number of carbonyl (C=O) groups is 1. The predicted molar refractivity (Wildman–Crippen MR) is 33.3 cm³/mol. The van der Waals surface area contributed by atoms with Gasteiger partial charge in [-0.05, 0) is 13.8 Å². The van der Waals surface area contributed by atoms with Crippen molar-refractivity contribution in [3.63, 3.8) is 0 Å². The predicted octanol–water partition coefficient (Wildman–Crippen LogP) is 0.861. The van der Waals surface area contributed by atoms with Gasteiger partial charge >= 0.3 is 18.2 Å². The summed E-state index contributed by atoms with van der Waals surface area (Å²) in [6.07, 6.45) is -4.55. The SMILES string of the molecule is CC(C)OC(=O)C(O)(F)C(F)F. The van der Waals surface area contributed by atoms with Crippen LogP contribution in [0.2, 0.25) is 0 Å². The summed E-state index contributed by atoms with van der Waals surface area (Å²) in [5, 5.41) is 8.22. The van der Waals surface area contributed by atoms with Gasteiger partial charge in [0.2, 0.25) is 0 Å². The molecule has 0 saturated carbocycles. The van der Waals surface area contributed by atoms with Crippen LogP contribution in [0.15, 0.2) is 0 Å². The van der Waals surface area contributed by atoms with E-state index in [-0.39, 0.29) is 0 Å². The van der Waals surface area contributed by atoms with Crippen LogP contribution in [0.25, 0.3) is 0 Å². The van der Waals surface area contributed by atoms with E-state index in [1.807, 2.05) is 0 Å². The van der Waals surface area contributed by atoms with Crippen LogP contribution < -0.4 is 0 Å². The summed E-state index contributed by atoms with van der Waals surface area (Å²) in [6, 6.07) is 0. The van der Waals surface area contributed by atoms with Gasteiger partial charge in [0.1, 0.15) is 0 Å². The van der Waals surface area contributed by atoms with E-state index in [0.29, 0.717) is 0 Å². The number of esters is 1. The topological polar surface area (TPSA) is 46.5 Å². The van der Waals surface area contributed by atoms with E-state index in [9.17, 15) is 18.0 Å². The molecule has 12 heavy (non-hydrogen) atoms. The number of alkyl halides is 3. The quantitative estimate of drug-likeness (QED) is 0.665. The van der Waals surface area contributed by atoms with E-state index in [1.54, 1.807) is 0 Å². The molecule has 0 aliphatic heterocycles. The van der Waals surface area contributed by atoms with Crippen molar-refractivity contribution in [3.8, 4) is 0 Å². The summed E-state index contributed by atoms with van der Waals surface area (Å²) in [6.45, 7) is 2.69. The molecular weight excluding hydrogens is 177 g/mol. The van der Waals surface area contributed by atoms with Crippen LogP contribution in [0.5, 0.6) is 0 Å². The van der Waals surface area contributed by atoms with Crippen molar-refractivity contribution in [2.75, 3.05) is 0 Å². The van der Waals surface area contributed by atoms with Crippen LogP contribution in [0, 0.1) is 0 Å². The Morgan fingerprint density at radius 1 is 1.50 bits per heavy atom. The third-order valence-electron chi connectivity index (χ3n) is 0.918. The Labute approximate surface area is 67.1 Å². The maximum absolute atomic E-state index is 12.3. The minimum Gasteiger partial charge on any atom is -0.459 e. The van der Waals surface area contributed by atoms with E-state index in [4.69, 9.17) is 5.11 Å². The molecule has 1 N–H and O–H groups in total. The highest BCUT2D eigenvalue weighted by Crippen LogP contribution is 2.19. The van der Waals surface area contributed by atoms with Crippen molar-refractivity contribution in [2.45, 2.75) is 32.2 Å². The number of aliphatic hydroxyl groups is 1. The van der Waals surface area contributed by atoms with Crippen LogP contribution in [0.4, 0.5) is 13.2 Å². The summed E-state index contributed by atoms with van der Waals surface area (Å²) in [7, 11) is 0. The Morgan fingerprint density at radius 2 is 1.92 bits per heavy atom. The van der Waals surface area contributed by atoms with Crippen LogP contribution in [0.3, 0.4) is 0 Å². The minimum absolute atomic E-state index is 0.751. The third-order valence-corrected chi connectivity index (χ3v) is 0.918. The second-order valence-electron chi connectivity index (χ2n) is 2.43. The molecule has 0 fully saturated rings. The number of halogens is 3. The minimum atomic E-state index is -4.20. The molecule has 0 bridgehead atoms. The maximum atomic E-state index is 12.3. The van der Waals surface area contributed by atoms with Gasteiger partial charge in [-0.25, -0.2) is 13.6 Å². The van der Waals surface area contributed by atoms with Gasteiger partial charge in [-0.3, -0.25) is 0 Å². The summed E-state index contributed by atoms with van der Waals surface area (Å²) < 4.78 is 39.5. The summed E-state index contributed by atoms with van der Waals surface area (Å²) >= 11 is 0. The van der Waals surface area contributed by atoms with E-state index in [0.717, 1.165) is 0 Å². The smallest absolute Gasteiger partial charge is 0.378 e. The lowest BCUT2D eigenvalue weighted by Crippen LogP contribution is -2.43. The van der Waals surface area contributed by atoms with Gasteiger partial charge in [0.15, 0.2) is 0 Å². The van der Waals surface area contributed by atoms with Gasteiger partial charge in [0.25, 0.3) is 0 Å². The summed E-state index contributed by atoms with van der Waals surface area (Å²) in [5.41, 5.74) is 0. The molecule has 1 unspecified atom stereocenters. The molecular formula is C6H9F3O3. The average Bonchev–Trinajstić information content (AvgIpc) is 1.85. The molecule has 0 aliphatic carbocycles. The Bertz CT molecular complexity index is 167. The van der Waals surface area contributed by atoms with E-state index in [2.05, 4.69) is 4.74 Å². The first-order valence-electron chi connectivity index (χ1n) is 3.19. The Kier molecular flexibility index (Phi) is 3.51. The number of ether oxygens (including phenoxy) is 1. The fourth-order valence-electron chi connectivity index (χ4n) is 0.386. The molecule has 1 atom stereocenters. The summed E-state index contributed by atoms with van der Waals surface area (Å²) in [5.74, 6) is -6.17. The molecule has 0 aromatic carbocycles. The first-order chi connectivity index (χ1) is 5.28. The second-order valence-corrected chi connectivity index (χ2v) is 2.43. The molecule has 0 aromatic rings. The maximum Gasteiger partial charge on any atom is 0.378 e. The third kappa shape index (κ3) is 2.69.